The fraction of sp³-hybridized carbons (Fsp3) is 0.364. The number of nitrogens with one attached hydrogen (secondary N) is 1. The molecular formula is C22H21N5OS. The number of hydrogen-bond acceptors (Lipinski definition) is 6. The number of piperazine rings is 1. The van der Waals surface area contributed by atoms with Gasteiger partial charge in [-0.3, -0.25) is 4.79 Å². The molecule has 2 aromatic rings. The maximum Gasteiger partial charge on any atom is 0.239 e. The van der Waals surface area contributed by atoms with Crippen molar-refractivity contribution in [2.45, 2.75) is 36.0 Å². The first-order valence-electron chi connectivity index (χ1n) is 9.73. The number of amides is 1. The number of anilines is 1. The van der Waals surface area contributed by atoms with Crippen LogP contribution in [-0.2, 0) is 4.79 Å². The highest BCUT2D eigenvalue weighted by Gasteiger charge is 2.35. The Kier molecular flexibility index (Phi) is 5.42. The van der Waals surface area contributed by atoms with Gasteiger partial charge in [-0.15, -0.1) is 0 Å². The smallest absolute Gasteiger partial charge is 0.239 e. The largest absolute Gasteiger partial charge is 0.353 e. The molecule has 1 saturated heterocycles. The maximum atomic E-state index is 11.9. The van der Waals surface area contributed by atoms with E-state index >= 15 is 0 Å². The Bertz CT molecular complexity index is 1020. The lowest BCUT2D eigenvalue weighted by Crippen LogP contribution is -2.48. The molecule has 0 spiro atoms. The number of carbonyl (C=O) groups is 1. The van der Waals surface area contributed by atoms with Crippen molar-refractivity contribution in [1.82, 2.24) is 10.3 Å². The average Bonchev–Trinajstić information content (AvgIpc) is 3.58. The van der Waals surface area contributed by atoms with Crippen molar-refractivity contribution in [3.63, 3.8) is 0 Å². The van der Waals surface area contributed by atoms with E-state index in [-0.39, 0.29) is 23.6 Å². The topological polar surface area (TPSA) is 92.8 Å². The van der Waals surface area contributed by atoms with E-state index in [0.29, 0.717) is 35.1 Å². The number of nitriles is 2. The van der Waals surface area contributed by atoms with Crippen molar-refractivity contribution in [1.29, 1.82) is 10.5 Å². The summed E-state index contributed by atoms with van der Waals surface area (Å²) in [5, 5.41) is 23.4. The molecule has 29 heavy (non-hydrogen) atoms. The maximum absolute atomic E-state index is 11.9. The first kappa shape index (κ1) is 19.3. The second kappa shape index (κ2) is 8.14. The lowest BCUT2D eigenvalue weighted by atomic mass is 9.99. The summed E-state index contributed by atoms with van der Waals surface area (Å²) >= 11 is 1.54. The highest BCUT2D eigenvalue weighted by Crippen LogP contribution is 2.48. The van der Waals surface area contributed by atoms with E-state index < -0.39 is 0 Å². The van der Waals surface area contributed by atoms with Crippen LogP contribution in [0.5, 0.6) is 0 Å². The van der Waals surface area contributed by atoms with Gasteiger partial charge in [-0.2, -0.15) is 10.5 Å². The summed E-state index contributed by atoms with van der Waals surface area (Å²) in [4.78, 5) is 18.6. The summed E-state index contributed by atoms with van der Waals surface area (Å²) in [6.45, 7) is 3.39. The van der Waals surface area contributed by atoms with Crippen molar-refractivity contribution in [2.24, 2.45) is 0 Å². The number of carbonyl (C=O) groups excluding carboxylic acids is 1. The molecule has 6 nitrogen and oxygen atoms in total. The predicted octanol–water partition coefficient (Wildman–Crippen LogP) is 3.49. The molecule has 1 aliphatic carbocycles. The van der Waals surface area contributed by atoms with E-state index in [1.165, 1.54) is 11.8 Å². The molecule has 1 aromatic carbocycles. The number of rotatable bonds is 5. The molecule has 1 N–H and O–H groups in total. The van der Waals surface area contributed by atoms with E-state index in [1.807, 2.05) is 23.1 Å². The van der Waals surface area contributed by atoms with Crippen LogP contribution in [0.15, 0.2) is 35.4 Å². The molecule has 7 heteroatoms. The summed E-state index contributed by atoms with van der Waals surface area (Å²) in [6, 6.07) is 14.7. The fourth-order valence-corrected chi connectivity index (χ4v) is 4.70. The second-order valence-electron chi connectivity index (χ2n) is 7.34. The number of benzene rings is 1. The van der Waals surface area contributed by atoms with Gasteiger partial charge in [-0.05, 0) is 36.8 Å². The summed E-state index contributed by atoms with van der Waals surface area (Å²) in [7, 11) is 0. The normalized spacial score (nSPS) is 17.2. The van der Waals surface area contributed by atoms with Crippen LogP contribution >= 0.6 is 11.8 Å². The fourth-order valence-electron chi connectivity index (χ4n) is 3.66. The predicted molar refractivity (Wildman–Crippen MR) is 112 cm³/mol. The minimum atomic E-state index is -0.0777. The molecule has 1 unspecified atom stereocenters. The molecular weight excluding hydrogens is 382 g/mol. The van der Waals surface area contributed by atoms with Crippen LogP contribution in [0.2, 0.25) is 0 Å². The van der Waals surface area contributed by atoms with Gasteiger partial charge in [-0.1, -0.05) is 42.1 Å². The summed E-state index contributed by atoms with van der Waals surface area (Å²) in [5.41, 5.74) is 2.94. The third-order valence-electron chi connectivity index (χ3n) is 5.29. The van der Waals surface area contributed by atoms with E-state index in [2.05, 4.69) is 36.5 Å². The number of thioether (sulfide) groups is 1. The molecule has 1 amide bonds. The first-order valence-corrected chi connectivity index (χ1v) is 10.6. The van der Waals surface area contributed by atoms with Crippen LogP contribution in [0.3, 0.4) is 0 Å². The number of hydrogen-bond donors (Lipinski definition) is 1. The molecule has 2 fully saturated rings. The van der Waals surface area contributed by atoms with Gasteiger partial charge in [-0.25, -0.2) is 4.98 Å². The Morgan fingerprint density at radius 2 is 1.93 bits per heavy atom. The molecule has 1 aliphatic heterocycles. The van der Waals surface area contributed by atoms with E-state index in [0.717, 1.165) is 24.0 Å². The highest BCUT2D eigenvalue weighted by molar-refractivity contribution is 7.99. The Balaban J connectivity index is 1.80. The van der Waals surface area contributed by atoms with Crippen LogP contribution in [-0.4, -0.2) is 30.5 Å². The highest BCUT2D eigenvalue weighted by atomic mass is 32.2. The molecule has 4 rings (SSSR count). The molecule has 1 aromatic heterocycles. The summed E-state index contributed by atoms with van der Waals surface area (Å²) in [5.74, 6) is 0.684. The molecule has 0 radical (unpaired) electrons. The zero-order valence-electron chi connectivity index (χ0n) is 16.2. The Hall–Kier alpha value is -3.03. The van der Waals surface area contributed by atoms with Crippen molar-refractivity contribution >= 4 is 23.5 Å². The quantitative estimate of drug-likeness (QED) is 0.768. The van der Waals surface area contributed by atoms with Crippen molar-refractivity contribution in [3.8, 4) is 12.1 Å². The average molecular weight is 404 g/mol. The number of nitrogens with zero attached hydrogens (tertiary/aromatic N) is 4. The van der Waals surface area contributed by atoms with Gasteiger partial charge in [0, 0.05) is 18.3 Å². The van der Waals surface area contributed by atoms with Crippen LogP contribution < -0.4 is 10.2 Å². The second-order valence-corrected chi connectivity index (χ2v) is 8.67. The van der Waals surface area contributed by atoms with Crippen LogP contribution in [0, 0.1) is 22.7 Å². The van der Waals surface area contributed by atoms with Crippen LogP contribution in [0.25, 0.3) is 0 Å². The van der Waals surface area contributed by atoms with E-state index in [9.17, 15) is 15.3 Å². The summed E-state index contributed by atoms with van der Waals surface area (Å²) in [6.07, 6.45) is 1.96. The SMILES string of the molecule is CC(Sc1nc(N2CCNC(=O)C2)c(C#N)c(C2CC2)c1C#N)c1ccccc1. The first-order chi connectivity index (χ1) is 14.1. The number of aromatic nitrogens is 1. The zero-order chi connectivity index (χ0) is 20.4. The van der Waals surface area contributed by atoms with E-state index in [4.69, 9.17) is 4.98 Å². The van der Waals surface area contributed by atoms with Gasteiger partial charge >= 0.3 is 0 Å². The van der Waals surface area contributed by atoms with Gasteiger partial charge in [0.15, 0.2) is 0 Å². The standard InChI is InChI=1S/C22H21N5OS/c1-14(15-5-3-2-4-6-15)29-22-18(12-24)20(16-7-8-16)17(11-23)21(26-22)27-10-9-25-19(28)13-27/h2-6,14,16H,7-10,13H2,1H3,(H,25,28). The van der Waals surface area contributed by atoms with Gasteiger partial charge in [0.2, 0.25) is 5.91 Å². The third kappa shape index (κ3) is 3.92. The van der Waals surface area contributed by atoms with Gasteiger partial charge in [0.05, 0.1) is 17.7 Å². The molecule has 1 atom stereocenters. The Morgan fingerprint density at radius 3 is 2.55 bits per heavy atom. The zero-order valence-corrected chi connectivity index (χ0v) is 17.0. The van der Waals surface area contributed by atoms with Crippen molar-refractivity contribution in [2.75, 3.05) is 24.5 Å². The van der Waals surface area contributed by atoms with Crippen LogP contribution in [0.1, 0.15) is 53.2 Å². The van der Waals surface area contributed by atoms with Crippen molar-refractivity contribution < 1.29 is 4.79 Å². The monoisotopic (exact) mass is 403 g/mol. The van der Waals surface area contributed by atoms with Gasteiger partial charge in [0.25, 0.3) is 0 Å². The minimum absolute atomic E-state index is 0.0777. The Morgan fingerprint density at radius 1 is 1.21 bits per heavy atom. The molecule has 2 heterocycles. The van der Waals surface area contributed by atoms with E-state index in [1.54, 1.807) is 0 Å². The van der Waals surface area contributed by atoms with Gasteiger partial charge < -0.3 is 10.2 Å². The molecule has 0 bridgehead atoms. The molecule has 1 saturated carbocycles. The molecule has 146 valence electrons. The lowest BCUT2D eigenvalue weighted by molar-refractivity contribution is -0.120. The number of pyridine rings is 1. The minimum Gasteiger partial charge on any atom is -0.353 e. The Labute approximate surface area is 174 Å². The third-order valence-corrected chi connectivity index (χ3v) is 6.43. The molecule has 2 aliphatic rings. The van der Waals surface area contributed by atoms with Gasteiger partial charge in [0.1, 0.15) is 23.0 Å². The lowest BCUT2D eigenvalue weighted by Gasteiger charge is -2.29. The van der Waals surface area contributed by atoms with Crippen molar-refractivity contribution in [3.05, 3.63) is 52.6 Å². The van der Waals surface area contributed by atoms with Crippen LogP contribution in [0.4, 0.5) is 5.82 Å². The summed E-state index contributed by atoms with van der Waals surface area (Å²) < 4.78 is 0.